The number of rotatable bonds is 3. The minimum Gasteiger partial charge on any atom is -0.342 e. The van der Waals surface area contributed by atoms with Crippen molar-refractivity contribution in [3.8, 4) is 0 Å². The van der Waals surface area contributed by atoms with Crippen molar-refractivity contribution in [3.63, 3.8) is 0 Å². The highest BCUT2D eigenvalue weighted by Crippen LogP contribution is 2.43. The van der Waals surface area contributed by atoms with Crippen LogP contribution in [0.2, 0.25) is 0 Å². The molecule has 3 heterocycles. The Balaban J connectivity index is 1.63. The highest BCUT2D eigenvalue weighted by Gasteiger charge is 2.54. The van der Waals surface area contributed by atoms with E-state index < -0.39 is 5.56 Å². The number of amides is 2. The molecule has 2 saturated heterocycles. The maximum atomic E-state index is 13.1. The number of H-pyrrole nitrogens is 1. The minimum absolute atomic E-state index is 0.0675. The summed E-state index contributed by atoms with van der Waals surface area (Å²) in [6.45, 7) is 4.71. The Morgan fingerprint density at radius 1 is 1.21 bits per heavy atom. The number of aromatic nitrogens is 2. The first-order valence-corrected chi connectivity index (χ1v) is 9.48. The lowest BCUT2D eigenvalue weighted by Gasteiger charge is -2.31. The van der Waals surface area contributed by atoms with E-state index in [1.165, 1.54) is 0 Å². The summed E-state index contributed by atoms with van der Waals surface area (Å²) in [7, 11) is 4.00. The van der Waals surface area contributed by atoms with Crippen molar-refractivity contribution in [1.82, 2.24) is 24.7 Å². The number of likely N-dealkylation sites (tertiary alicyclic amines) is 2. The van der Waals surface area contributed by atoms with Crippen LogP contribution < -0.4 is 5.56 Å². The molecule has 2 fully saturated rings. The molecule has 0 unspecified atom stereocenters. The topological polar surface area (TPSA) is 89.6 Å². The summed E-state index contributed by atoms with van der Waals surface area (Å²) in [5.74, 6) is -0.0748. The van der Waals surface area contributed by atoms with E-state index in [1.54, 1.807) is 24.0 Å². The summed E-state index contributed by atoms with van der Waals surface area (Å²) in [6.07, 6.45) is 0. The number of hydrogen-bond acceptors (Lipinski definition) is 5. The van der Waals surface area contributed by atoms with Crippen molar-refractivity contribution in [1.29, 1.82) is 0 Å². The predicted octanol–water partition coefficient (Wildman–Crippen LogP) is 0.405. The first-order valence-electron chi connectivity index (χ1n) is 9.48. The lowest BCUT2D eigenvalue weighted by Crippen LogP contribution is -2.44. The van der Waals surface area contributed by atoms with Gasteiger partial charge in [0.1, 0.15) is 0 Å². The Morgan fingerprint density at radius 3 is 2.61 bits per heavy atom. The van der Waals surface area contributed by atoms with Crippen LogP contribution >= 0.6 is 0 Å². The van der Waals surface area contributed by atoms with E-state index in [0.717, 1.165) is 6.54 Å². The van der Waals surface area contributed by atoms with Crippen LogP contribution in [0.3, 0.4) is 0 Å². The maximum absolute atomic E-state index is 13.1. The van der Waals surface area contributed by atoms with Crippen LogP contribution in [-0.2, 0) is 4.79 Å². The molecule has 8 heteroatoms. The number of nitrogens with zero attached hydrogens (tertiary/aromatic N) is 4. The van der Waals surface area contributed by atoms with Crippen molar-refractivity contribution in [2.24, 2.45) is 11.3 Å². The van der Waals surface area contributed by atoms with Gasteiger partial charge in [0, 0.05) is 51.0 Å². The first kappa shape index (κ1) is 18.6. The van der Waals surface area contributed by atoms with Gasteiger partial charge in [-0.2, -0.15) is 0 Å². The lowest BCUT2D eigenvalue weighted by atomic mass is 9.80. The SMILES string of the molecule is CC(=O)N1C[C@@H]2CN(C(=O)c3nc4ccccc4[nH]c3=O)C[C@]2(CN(C)C)C1. The molecule has 4 rings (SSSR count). The molecular weight excluding hydrogens is 358 g/mol. The van der Waals surface area contributed by atoms with Gasteiger partial charge in [0.25, 0.3) is 11.5 Å². The van der Waals surface area contributed by atoms with E-state index in [9.17, 15) is 14.4 Å². The van der Waals surface area contributed by atoms with E-state index in [0.29, 0.717) is 37.2 Å². The van der Waals surface area contributed by atoms with Gasteiger partial charge < -0.3 is 19.7 Å². The molecule has 0 aliphatic carbocycles. The third kappa shape index (κ3) is 3.07. The fourth-order valence-corrected chi connectivity index (χ4v) is 4.75. The Kier molecular flexibility index (Phi) is 4.45. The van der Waals surface area contributed by atoms with Crippen LogP contribution in [0.1, 0.15) is 17.4 Å². The Labute approximate surface area is 163 Å². The molecule has 0 radical (unpaired) electrons. The average molecular weight is 383 g/mol. The van der Waals surface area contributed by atoms with Gasteiger partial charge >= 0.3 is 0 Å². The minimum atomic E-state index is -0.465. The van der Waals surface area contributed by atoms with E-state index in [4.69, 9.17) is 0 Å². The standard InChI is InChI=1S/C20H25N5O3/c1-13(26)24-8-14-9-25(12-20(14,11-24)10-23(2)3)19(28)17-18(27)22-16-7-5-4-6-15(16)21-17/h4-7,14H,8-12H2,1-3H3,(H,22,27)/t14-,20+/m1/s1. The van der Waals surface area contributed by atoms with Gasteiger partial charge in [-0.15, -0.1) is 0 Å². The molecule has 2 atom stereocenters. The highest BCUT2D eigenvalue weighted by molar-refractivity contribution is 5.94. The van der Waals surface area contributed by atoms with Gasteiger partial charge in [0.05, 0.1) is 11.0 Å². The summed E-state index contributed by atoms with van der Waals surface area (Å²) < 4.78 is 0. The number of para-hydroxylation sites is 2. The van der Waals surface area contributed by atoms with Crippen molar-refractivity contribution in [3.05, 3.63) is 40.3 Å². The van der Waals surface area contributed by atoms with Crippen molar-refractivity contribution in [2.45, 2.75) is 6.92 Å². The molecule has 28 heavy (non-hydrogen) atoms. The van der Waals surface area contributed by atoms with E-state index in [2.05, 4.69) is 14.9 Å². The molecule has 1 N–H and O–H groups in total. The lowest BCUT2D eigenvalue weighted by molar-refractivity contribution is -0.128. The highest BCUT2D eigenvalue weighted by atomic mass is 16.2. The van der Waals surface area contributed by atoms with Crippen molar-refractivity contribution >= 4 is 22.8 Å². The smallest absolute Gasteiger partial charge is 0.280 e. The zero-order valence-corrected chi connectivity index (χ0v) is 16.4. The van der Waals surface area contributed by atoms with Crippen LogP contribution in [0.25, 0.3) is 11.0 Å². The number of carbonyl (C=O) groups excluding carboxylic acids is 2. The second-order valence-electron chi connectivity index (χ2n) is 8.31. The van der Waals surface area contributed by atoms with Gasteiger partial charge in [-0.05, 0) is 26.2 Å². The third-order valence-corrected chi connectivity index (χ3v) is 5.92. The third-order valence-electron chi connectivity index (χ3n) is 5.92. The fraction of sp³-hybridized carbons (Fsp3) is 0.500. The van der Waals surface area contributed by atoms with Crippen LogP contribution in [0.4, 0.5) is 0 Å². The fourth-order valence-electron chi connectivity index (χ4n) is 4.75. The summed E-state index contributed by atoms with van der Waals surface area (Å²) in [6, 6.07) is 7.18. The number of nitrogens with one attached hydrogen (secondary N) is 1. The van der Waals surface area contributed by atoms with Gasteiger partial charge in [0.15, 0.2) is 5.69 Å². The molecular formula is C20H25N5O3. The summed E-state index contributed by atoms with van der Waals surface area (Å²) >= 11 is 0. The number of carbonyl (C=O) groups is 2. The maximum Gasteiger partial charge on any atom is 0.280 e. The van der Waals surface area contributed by atoms with Crippen LogP contribution in [-0.4, -0.2) is 83.3 Å². The quantitative estimate of drug-likeness (QED) is 0.829. The molecule has 0 bridgehead atoms. The first-order chi connectivity index (χ1) is 13.3. The van der Waals surface area contributed by atoms with Gasteiger partial charge in [-0.25, -0.2) is 4.98 Å². The molecule has 8 nitrogen and oxygen atoms in total. The molecule has 1 aromatic heterocycles. The summed E-state index contributed by atoms with van der Waals surface area (Å²) in [5, 5.41) is 0. The van der Waals surface area contributed by atoms with Crippen LogP contribution in [0, 0.1) is 11.3 Å². The van der Waals surface area contributed by atoms with Crippen LogP contribution in [0.15, 0.2) is 29.1 Å². The molecule has 0 spiro atoms. The molecule has 2 aliphatic rings. The summed E-state index contributed by atoms with van der Waals surface area (Å²) in [4.78, 5) is 50.3. The number of aromatic amines is 1. The van der Waals surface area contributed by atoms with Crippen molar-refractivity contribution < 1.29 is 9.59 Å². The predicted molar refractivity (Wildman–Crippen MR) is 105 cm³/mol. The van der Waals surface area contributed by atoms with Gasteiger partial charge in [-0.3, -0.25) is 14.4 Å². The Morgan fingerprint density at radius 2 is 1.89 bits per heavy atom. The number of benzene rings is 1. The molecule has 2 amide bonds. The van der Waals surface area contributed by atoms with Crippen molar-refractivity contribution in [2.75, 3.05) is 46.8 Å². The second kappa shape index (κ2) is 6.70. The second-order valence-corrected chi connectivity index (χ2v) is 8.31. The molecule has 2 aromatic rings. The summed E-state index contributed by atoms with van der Waals surface area (Å²) in [5.41, 5.74) is 0.503. The largest absolute Gasteiger partial charge is 0.342 e. The van der Waals surface area contributed by atoms with E-state index >= 15 is 0 Å². The zero-order valence-electron chi connectivity index (χ0n) is 16.4. The average Bonchev–Trinajstić information content (AvgIpc) is 3.13. The molecule has 148 valence electrons. The number of hydrogen-bond donors (Lipinski definition) is 1. The molecule has 2 aliphatic heterocycles. The number of fused-ring (bicyclic) bond motifs is 2. The van der Waals surface area contributed by atoms with E-state index in [1.807, 2.05) is 31.1 Å². The molecule has 0 saturated carbocycles. The zero-order chi connectivity index (χ0) is 20.1. The van der Waals surface area contributed by atoms with E-state index in [-0.39, 0.29) is 28.8 Å². The van der Waals surface area contributed by atoms with Gasteiger partial charge in [0.2, 0.25) is 5.91 Å². The Bertz CT molecular complexity index is 1000. The van der Waals surface area contributed by atoms with Gasteiger partial charge in [-0.1, -0.05) is 12.1 Å². The van der Waals surface area contributed by atoms with Crippen LogP contribution in [0.5, 0.6) is 0 Å². The molecule has 1 aromatic carbocycles. The normalized spacial score (nSPS) is 24.2. The Hall–Kier alpha value is -2.74. The monoisotopic (exact) mass is 383 g/mol.